The summed E-state index contributed by atoms with van der Waals surface area (Å²) in [4.78, 5) is 14.7. The van der Waals surface area contributed by atoms with Crippen LogP contribution in [0.5, 0.6) is 0 Å². The topological polar surface area (TPSA) is 23.6 Å². The maximum absolute atomic E-state index is 10.7. The minimum atomic E-state index is 0.208. The largest absolute Gasteiger partial charge is 0.320 e. The fourth-order valence-corrected chi connectivity index (χ4v) is 1.53. The average Bonchev–Trinajstić information content (AvgIpc) is 2.67. The Morgan fingerprint density at radius 1 is 1.33 bits per heavy atom. The summed E-state index contributed by atoms with van der Waals surface area (Å²) >= 11 is 0. The summed E-state index contributed by atoms with van der Waals surface area (Å²) in [5.74, 6) is 0.208. The molecule has 1 saturated heterocycles. The van der Waals surface area contributed by atoms with Crippen molar-refractivity contribution < 1.29 is 4.79 Å². The molecule has 0 N–H and O–H groups in total. The van der Waals surface area contributed by atoms with Gasteiger partial charge in [0.05, 0.1) is 0 Å². The number of amides is 1. The van der Waals surface area contributed by atoms with Crippen LogP contribution in [-0.4, -0.2) is 41.9 Å². The van der Waals surface area contributed by atoms with Gasteiger partial charge in [-0.1, -0.05) is 27.4 Å². The lowest BCUT2D eigenvalue weighted by atomic mass is 10.4. The molecule has 88 valence electrons. The highest BCUT2D eigenvalue weighted by molar-refractivity contribution is 5.78. The average molecular weight is 212 g/mol. The SMILES string of the molecule is C=CN1CCCC1=O.CCN(CC)CC. The Hall–Kier alpha value is -0.830. The van der Waals surface area contributed by atoms with E-state index in [0.29, 0.717) is 6.42 Å². The standard InChI is InChI=1S/C6H9NO.C6H15N/c1-2-7-5-3-4-6(7)8;1-4-7(5-2)6-3/h2H,1,3-5H2;4-6H2,1-3H3. The molecular formula is C12H24N2O. The van der Waals surface area contributed by atoms with Gasteiger partial charge in [0.25, 0.3) is 0 Å². The Bertz CT molecular complexity index is 183. The van der Waals surface area contributed by atoms with E-state index >= 15 is 0 Å². The molecule has 0 unspecified atom stereocenters. The molecular weight excluding hydrogens is 188 g/mol. The minimum absolute atomic E-state index is 0.208. The van der Waals surface area contributed by atoms with Gasteiger partial charge in [0.15, 0.2) is 0 Å². The number of rotatable bonds is 4. The second kappa shape index (κ2) is 8.48. The number of hydrogen-bond acceptors (Lipinski definition) is 2. The van der Waals surface area contributed by atoms with Crippen LogP contribution in [0.15, 0.2) is 12.8 Å². The van der Waals surface area contributed by atoms with Gasteiger partial charge in [-0.15, -0.1) is 0 Å². The van der Waals surface area contributed by atoms with Gasteiger partial charge in [-0.3, -0.25) is 4.79 Å². The molecule has 1 aliphatic rings. The van der Waals surface area contributed by atoms with Crippen LogP contribution in [0.1, 0.15) is 33.6 Å². The monoisotopic (exact) mass is 212 g/mol. The summed E-state index contributed by atoms with van der Waals surface area (Å²) in [6, 6.07) is 0. The highest BCUT2D eigenvalue weighted by atomic mass is 16.2. The first kappa shape index (κ1) is 14.2. The van der Waals surface area contributed by atoms with Crippen LogP contribution in [0.4, 0.5) is 0 Å². The quantitative estimate of drug-likeness (QED) is 0.712. The lowest BCUT2D eigenvalue weighted by molar-refractivity contribution is -0.125. The van der Waals surface area contributed by atoms with Gasteiger partial charge in [0.2, 0.25) is 5.91 Å². The second-order valence-corrected chi connectivity index (χ2v) is 3.49. The second-order valence-electron chi connectivity index (χ2n) is 3.49. The maximum atomic E-state index is 10.7. The highest BCUT2D eigenvalue weighted by Gasteiger charge is 2.15. The van der Waals surface area contributed by atoms with Crippen LogP contribution in [-0.2, 0) is 4.79 Å². The minimum Gasteiger partial charge on any atom is -0.320 e. The fraction of sp³-hybridized carbons (Fsp3) is 0.750. The van der Waals surface area contributed by atoms with E-state index in [9.17, 15) is 4.79 Å². The summed E-state index contributed by atoms with van der Waals surface area (Å²) < 4.78 is 0. The first-order chi connectivity index (χ1) is 7.19. The summed E-state index contributed by atoms with van der Waals surface area (Å²) in [6.07, 6.45) is 3.28. The molecule has 0 bridgehead atoms. The third kappa shape index (κ3) is 5.57. The van der Waals surface area contributed by atoms with Crippen LogP contribution < -0.4 is 0 Å². The number of carbonyl (C=O) groups excluding carboxylic acids is 1. The molecule has 0 spiro atoms. The van der Waals surface area contributed by atoms with E-state index in [4.69, 9.17) is 0 Å². The van der Waals surface area contributed by atoms with Crippen molar-refractivity contribution in [2.45, 2.75) is 33.6 Å². The molecule has 3 nitrogen and oxygen atoms in total. The number of carbonyl (C=O) groups is 1. The van der Waals surface area contributed by atoms with E-state index in [-0.39, 0.29) is 5.91 Å². The van der Waals surface area contributed by atoms with Crippen molar-refractivity contribution in [1.82, 2.24) is 9.80 Å². The maximum Gasteiger partial charge on any atom is 0.226 e. The summed E-state index contributed by atoms with van der Waals surface area (Å²) in [5, 5.41) is 0. The van der Waals surface area contributed by atoms with Crippen LogP contribution >= 0.6 is 0 Å². The molecule has 3 heteroatoms. The Morgan fingerprint density at radius 3 is 2.00 bits per heavy atom. The molecule has 1 aliphatic heterocycles. The molecule has 0 radical (unpaired) electrons. The number of likely N-dealkylation sites (tertiary alicyclic amines) is 1. The van der Waals surface area contributed by atoms with Crippen molar-refractivity contribution in [3.8, 4) is 0 Å². The molecule has 0 aromatic carbocycles. The molecule has 15 heavy (non-hydrogen) atoms. The molecule has 0 aliphatic carbocycles. The van der Waals surface area contributed by atoms with Gasteiger partial charge in [-0.2, -0.15) is 0 Å². The van der Waals surface area contributed by atoms with E-state index < -0.39 is 0 Å². The van der Waals surface area contributed by atoms with Crippen molar-refractivity contribution in [1.29, 1.82) is 0 Å². The van der Waals surface area contributed by atoms with Crippen LogP contribution in [0.2, 0.25) is 0 Å². The van der Waals surface area contributed by atoms with Gasteiger partial charge >= 0.3 is 0 Å². The van der Waals surface area contributed by atoms with Crippen LogP contribution in [0, 0.1) is 0 Å². The molecule has 0 saturated carbocycles. The predicted molar refractivity (Wildman–Crippen MR) is 64.6 cm³/mol. The zero-order valence-electron chi connectivity index (χ0n) is 10.3. The Balaban J connectivity index is 0.000000265. The van der Waals surface area contributed by atoms with Crippen LogP contribution in [0.25, 0.3) is 0 Å². The molecule has 1 amide bonds. The first-order valence-electron chi connectivity index (χ1n) is 5.83. The van der Waals surface area contributed by atoms with Gasteiger partial charge in [0, 0.05) is 13.0 Å². The molecule has 1 fully saturated rings. The van der Waals surface area contributed by atoms with Crippen molar-refractivity contribution in [2.24, 2.45) is 0 Å². The number of nitrogens with zero attached hydrogens (tertiary/aromatic N) is 2. The van der Waals surface area contributed by atoms with E-state index in [2.05, 4.69) is 32.3 Å². The van der Waals surface area contributed by atoms with E-state index in [1.807, 2.05) is 0 Å². The molecule has 0 aromatic heterocycles. The Morgan fingerprint density at radius 2 is 1.87 bits per heavy atom. The zero-order chi connectivity index (χ0) is 11.7. The third-order valence-electron chi connectivity index (χ3n) is 2.67. The molecule has 0 atom stereocenters. The molecule has 1 heterocycles. The Labute approximate surface area is 93.7 Å². The predicted octanol–water partition coefficient (Wildman–Crippen LogP) is 2.10. The normalized spacial score (nSPS) is 15.2. The van der Waals surface area contributed by atoms with Gasteiger partial charge < -0.3 is 9.80 Å². The van der Waals surface area contributed by atoms with Gasteiger partial charge in [-0.05, 0) is 32.3 Å². The Kier molecular flexibility index (Phi) is 8.01. The first-order valence-corrected chi connectivity index (χ1v) is 5.83. The lowest BCUT2D eigenvalue weighted by Crippen LogP contribution is -2.21. The third-order valence-corrected chi connectivity index (χ3v) is 2.67. The molecule has 0 aromatic rings. The fourth-order valence-electron chi connectivity index (χ4n) is 1.53. The van der Waals surface area contributed by atoms with E-state index in [1.165, 1.54) is 19.6 Å². The summed E-state index contributed by atoms with van der Waals surface area (Å²) in [6.45, 7) is 14.5. The van der Waals surface area contributed by atoms with Crippen LogP contribution in [0.3, 0.4) is 0 Å². The van der Waals surface area contributed by atoms with Gasteiger partial charge in [0.1, 0.15) is 0 Å². The van der Waals surface area contributed by atoms with Crippen molar-refractivity contribution >= 4 is 5.91 Å². The lowest BCUT2D eigenvalue weighted by Gasteiger charge is -2.13. The molecule has 1 rings (SSSR count). The van der Waals surface area contributed by atoms with Gasteiger partial charge in [-0.25, -0.2) is 0 Å². The zero-order valence-corrected chi connectivity index (χ0v) is 10.3. The van der Waals surface area contributed by atoms with Crippen molar-refractivity contribution in [3.63, 3.8) is 0 Å². The van der Waals surface area contributed by atoms with Crippen molar-refractivity contribution in [3.05, 3.63) is 12.8 Å². The summed E-state index contributed by atoms with van der Waals surface area (Å²) in [5.41, 5.74) is 0. The summed E-state index contributed by atoms with van der Waals surface area (Å²) in [7, 11) is 0. The van der Waals surface area contributed by atoms with E-state index in [0.717, 1.165) is 13.0 Å². The van der Waals surface area contributed by atoms with E-state index in [1.54, 1.807) is 11.1 Å². The smallest absolute Gasteiger partial charge is 0.226 e. The highest BCUT2D eigenvalue weighted by Crippen LogP contribution is 2.08. The number of hydrogen-bond donors (Lipinski definition) is 0. The van der Waals surface area contributed by atoms with Crippen molar-refractivity contribution in [2.75, 3.05) is 26.2 Å².